The largest absolute Gasteiger partial charge is 0.379 e. The Morgan fingerprint density at radius 1 is 1.33 bits per heavy atom. The highest BCUT2D eigenvalue weighted by molar-refractivity contribution is 7.71. The molecule has 0 saturated carbocycles. The van der Waals surface area contributed by atoms with Crippen molar-refractivity contribution in [3.05, 3.63) is 46.5 Å². The van der Waals surface area contributed by atoms with Crippen molar-refractivity contribution in [2.24, 2.45) is 0 Å². The fourth-order valence-electron chi connectivity index (χ4n) is 3.36. The molecule has 1 aliphatic heterocycles. The third-order valence-electron chi connectivity index (χ3n) is 4.78. The van der Waals surface area contributed by atoms with E-state index in [0.29, 0.717) is 11.3 Å². The summed E-state index contributed by atoms with van der Waals surface area (Å²) in [7, 11) is 0. The Balaban J connectivity index is 1.65. The fraction of sp³-hybridized carbons (Fsp3) is 0.526. The van der Waals surface area contributed by atoms with E-state index in [0.717, 1.165) is 45.0 Å². The maximum atomic E-state index is 12.6. The van der Waals surface area contributed by atoms with E-state index in [1.54, 1.807) is 4.57 Å². The number of aryl methyl sites for hydroxylation is 1. The van der Waals surface area contributed by atoms with E-state index in [-0.39, 0.29) is 18.5 Å². The van der Waals surface area contributed by atoms with Gasteiger partial charge in [-0.05, 0) is 24.2 Å². The number of morpholine rings is 1. The minimum absolute atomic E-state index is 0.0564. The molecule has 1 amide bonds. The zero-order chi connectivity index (χ0) is 19.1. The molecule has 1 aromatic heterocycles. The highest BCUT2D eigenvalue weighted by Gasteiger charge is 2.23. The lowest BCUT2D eigenvalue weighted by Crippen LogP contribution is -2.44. The van der Waals surface area contributed by atoms with E-state index in [1.807, 2.05) is 18.2 Å². The van der Waals surface area contributed by atoms with Crippen LogP contribution in [-0.2, 0) is 22.5 Å². The predicted octanol–water partition coefficient (Wildman–Crippen LogP) is 2.08. The molecule has 0 bridgehead atoms. The molecule has 1 aliphatic rings. The minimum Gasteiger partial charge on any atom is -0.379 e. The third kappa shape index (κ3) is 5.24. The maximum Gasteiger partial charge on any atom is 0.240 e. The molecule has 0 aliphatic carbocycles. The Labute approximate surface area is 164 Å². The van der Waals surface area contributed by atoms with E-state index in [2.05, 4.69) is 39.5 Å². The molecular formula is C19H27N5O2S. The van der Waals surface area contributed by atoms with Crippen molar-refractivity contribution in [1.29, 1.82) is 0 Å². The van der Waals surface area contributed by atoms with Crippen LogP contribution < -0.4 is 5.32 Å². The number of amides is 1. The number of nitrogens with zero attached hydrogens (tertiary/aromatic N) is 3. The highest BCUT2D eigenvalue weighted by Crippen LogP contribution is 2.21. The summed E-state index contributed by atoms with van der Waals surface area (Å²) in [5.74, 6) is 0.768. The van der Waals surface area contributed by atoms with E-state index in [9.17, 15) is 4.79 Å². The molecule has 2 aromatic rings. The van der Waals surface area contributed by atoms with E-state index >= 15 is 0 Å². The number of benzene rings is 1. The second-order valence-corrected chi connectivity index (χ2v) is 7.05. The van der Waals surface area contributed by atoms with Crippen LogP contribution in [0.5, 0.6) is 0 Å². The average molecular weight is 390 g/mol. The summed E-state index contributed by atoms with van der Waals surface area (Å²) in [5, 5.41) is 10.1. The van der Waals surface area contributed by atoms with Gasteiger partial charge in [-0.2, -0.15) is 5.10 Å². The van der Waals surface area contributed by atoms with Gasteiger partial charge in [0, 0.05) is 26.1 Å². The molecule has 146 valence electrons. The van der Waals surface area contributed by atoms with Crippen LogP contribution in [0.1, 0.15) is 30.8 Å². The summed E-state index contributed by atoms with van der Waals surface area (Å²) in [4.78, 5) is 14.9. The van der Waals surface area contributed by atoms with Crippen LogP contribution in [0.25, 0.3) is 0 Å². The minimum atomic E-state index is -0.0564. The molecule has 2 N–H and O–H groups in total. The summed E-state index contributed by atoms with van der Waals surface area (Å²) in [6.45, 7) is 6.00. The average Bonchev–Trinajstić information content (AvgIpc) is 3.04. The zero-order valence-corrected chi connectivity index (χ0v) is 16.5. The summed E-state index contributed by atoms with van der Waals surface area (Å²) < 4.78 is 7.74. The molecular weight excluding hydrogens is 362 g/mol. The van der Waals surface area contributed by atoms with Gasteiger partial charge in [-0.3, -0.25) is 19.4 Å². The van der Waals surface area contributed by atoms with Gasteiger partial charge >= 0.3 is 0 Å². The molecule has 7 nitrogen and oxygen atoms in total. The summed E-state index contributed by atoms with van der Waals surface area (Å²) in [6, 6.07) is 10.4. The molecule has 27 heavy (non-hydrogen) atoms. The van der Waals surface area contributed by atoms with Crippen molar-refractivity contribution >= 4 is 18.1 Å². The number of ether oxygens (including phenoxy) is 1. The number of aromatic amines is 1. The SMILES string of the molecule is CCCc1n[nH]c(=S)n1CC(=O)NCC(c1ccccc1)N1CCOCC1. The Kier molecular flexibility index (Phi) is 7.14. The Morgan fingerprint density at radius 2 is 2.07 bits per heavy atom. The normalized spacial score (nSPS) is 16.2. The van der Waals surface area contributed by atoms with Crippen LogP contribution in [-0.4, -0.2) is 58.4 Å². The molecule has 1 unspecified atom stereocenters. The topological polar surface area (TPSA) is 75.2 Å². The standard InChI is InChI=1S/C19H27N5O2S/c1-2-6-17-21-22-19(27)24(17)14-18(25)20-13-16(15-7-4-3-5-8-15)23-9-11-26-12-10-23/h3-5,7-8,16H,2,6,9-14H2,1H3,(H,20,25)(H,22,27). The first-order valence-corrected chi connectivity index (χ1v) is 9.87. The summed E-state index contributed by atoms with van der Waals surface area (Å²) in [6.07, 6.45) is 1.75. The molecule has 1 fully saturated rings. The zero-order valence-electron chi connectivity index (χ0n) is 15.7. The number of hydrogen-bond acceptors (Lipinski definition) is 5. The Morgan fingerprint density at radius 3 is 2.78 bits per heavy atom. The first kappa shape index (κ1) is 19.7. The van der Waals surface area contributed by atoms with Gasteiger partial charge in [0.1, 0.15) is 12.4 Å². The van der Waals surface area contributed by atoms with E-state index in [1.165, 1.54) is 5.56 Å². The van der Waals surface area contributed by atoms with Gasteiger partial charge in [-0.15, -0.1) is 0 Å². The number of hydrogen-bond donors (Lipinski definition) is 2. The van der Waals surface area contributed by atoms with Crippen LogP contribution in [0.2, 0.25) is 0 Å². The van der Waals surface area contributed by atoms with Gasteiger partial charge in [-0.1, -0.05) is 37.3 Å². The Bertz CT molecular complexity index is 783. The number of nitrogens with one attached hydrogen (secondary N) is 2. The first-order valence-electron chi connectivity index (χ1n) is 9.46. The van der Waals surface area contributed by atoms with Crippen LogP contribution in [0, 0.1) is 4.77 Å². The predicted molar refractivity (Wildman–Crippen MR) is 106 cm³/mol. The number of carbonyl (C=O) groups is 1. The summed E-state index contributed by atoms with van der Waals surface area (Å²) in [5.41, 5.74) is 1.20. The van der Waals surface area contributed by atoms with Crippen LogP contribution in [0.4, 0.5) is 0 Å². The van der Waals surface area contributed by atoms with Crippen molar-refractivity contribution < 1.29 is 9.53 Å². The van der Waals surface area contributed by atoms with Crippen LogP contribution in [0.15, 0.2) is 30.3 Å². The second-order valence-electron chi connectivity index (χ2n) is 6.66. The van der Waals surface area contributed by atoms with Gasteiger partial charge in [-0.25, -0.2) is 0 Å². The van der Waals surface area contributed by atoms with Crippen molar-refractivity contribution in [2.45, 2.75) is 32.4 Å². The maximum absolute atomic E-state index is 12.6. The van der Waals surface area contributed by atoms with Crippen molar-refractivity contribution in [1.82, 2.24) is 25.0 Å². The number of aromatic nitrogens is 3. The lowest BCUT2D eigenvalue weighted by atomic mass is 10.0. The first-order chi connectivity index (χ1) is 13.2. The number of H-pyrrole nitrogens is 1. The number of rotatable bonds is 8. The molecule has 3 rings (SSSR count). The Hall–Kier alpha value is -2.03. The van der Waals surface area contributed by atoms with E-state index in [4.69, 9.17) is 17.0 Å². The molecule has 8 heteroatoms. The molecule has 1 atom stereocenters. The molecule has 0 radical (unpaired) electrons. The second kappa shape index (κ2) is 9.77. The van der Waals surface area contributed by atoms with Gasteiger partial charge in [0.25, 0.3) is 0 Å². The summed E-state index contributed by atoms with van der Waals surface area (Å²) >= 11 is 5.26. The van der Waals surface area contributed by atoms with Crippen molar-refractivity contribution in [3.8, 4) is 0 Å². The number of carbonyl (C=O) groups excluding carboxylic acids is 1. The molecule has 0 spiro atoms. The van der Waals surface area contributed by atoms with Crippen LogP contribution in [0.3, 0.4) is 0 Å². The van der Waals surface area contributed by atoms with Crippen molar-refractivity contribution in [3.63, 3.8) is 0 Å². The van der Waals surface area contributed by atoms with Gasteiger partial charge < -0.3 is 10.1 Å². The fourth-order valence-corrected chi connectivity index (χ4v) is 3.58. The highest BCUT2D eigenvalue weighted by atomic mass is 32.1. The van der Waals surface area contributed by atoms with Crippen LogP contribution >= 0.6 is 12.2 Å². The van der Waals surface area contributed by atoms with Crippen molar-refractivity contribution in [2.75, 3.05) is 32.8 Å². The molecule has 2 heterocycles. The smallest absolute Gasteiger partial charge is 0.240 e. The van der Waals surface area contributed by atoms with Gasteiger partial charge in [0.15, 0.2) is 4.77 Å². The monoisotopic (exact) mass is 389 g/mol. The quantitative estimate of drug-likeness (QED) is 0.676. The lowest BCUT2D eigenvalue weighted by Gasteiger charge is -2.35. The molecule has 1 saturated heterocycles. The third-order valence-corrected chi connectivity index (χ3v) is 5.09. The van der Waals surface area contributed by atoms with Gasteiger partial charge in [0.05, 0.1) is 19.3 Å². The molecule has 1 aromatic carbocycles. The lowest BCUT2D eigenvalue weighted by molar-refractivity contribution is -0.122. The van der Waals surface area contributed by atoms with E-state index < -0.39 is 0 Å². The van der Waals surface area contributed by atoms with Gasteiger partial charge in [0.2, 0.25) is 5.91 Å².